The van der Waals surface area contributed by atoms with Gasteiger partial charge in [0.15, 0.2) is 0 Å². The summed E-state index contributed by atoms with van der Waals surface area (Å²) in [4.78, 5) is 32.0. The summed E-state index contributed by atoms with van der Waals surface area (Å²) in [5.74, 6) is 0.447. The number of carbonyl (C=O) groups is 2. The smallest absolute Gasteiger partial charge is 0.242 e. The van der Waals surface area contributed by atoms with Gasteiger partial charge in [-0.3, -0.25) is 9.59 Å². The molecule has 2 atom stereocenters. The van der Waals surface area contributed by atoms with Gasteiger partial charge < -0.3 is 9.80 Å². The molecule has 180 valence electrons. The van der Waals surface area contributed by atoms with E-state index in [9.17, 15) is 9.59 Å². The summed E-state index contributed by atoms with van der Waals surface area (Å²) in [7, 11) is 0. The highest BCUT2D eigenvalue weighted by molar-refractivity contribution is 7.10. The minimum absolute atomic E-state index is 0.0466. The molecule has 4 nitrogen and oxygen atoms in total. The van der Waals surface area contributed by atoms with Gasteiger partial charge in [0.25, 0.3) is 0 Å². The first kappa shape index (κ1) is 25.5. The van der Waals surface area contributed by atoms with Crippen LogP contribution in [0.5, 0.6) is 0 Å². The van der Waals surface area contributed by atoms with E-state index in [1.807, 2.05) is 11.0 Å². The van der Waals surface area contributed by atoms with E-state index in [2.05, 4.69) is 71.2 Å². The zero-order valence-electron chi connectivity index (χ0n) is 21.2. The predicted octanol–water partition coefficient (Wildman–Crippen LogP) is 6.23. The van der Waals surface area contributed by atoms with Gasteiger partial charge in [0, 0.05) is 24.4 Å². The molecule has 0 N–H and O–H groups in total. The van der Waals surface area contributed by atoms with Gasteiger partial charge in [0.2, 0.25) is 11.8 Å². The van der Waals surface area contributed by atoms with Gasteiger partial charge in [0.05, 0.1) is 12.6 Å². The van der Waals surface area contributed by atoms with Crippen molar-refractivity contribution < 1.29 is 9.59 Å². The van der Waals surface area contributed by atoms with Crippen LogP contribution in [0.3, 0.4) is 0 Å². The van der Waals surface area contributed by atoms with Crippen LogP contribution in [0.15, 0.2) is 35.7 Å². The molecule has 0 saturated heterocycles. The lowest BCUT2D eigenvalue weighted by molar-refractivity contribution is -0.142. The molecule has 0 radical (unpaired) electrons. The van der Waals surface area contributed by atoms with Gasteiger partial charge in [-0.25, -0.2) is 0 Å². The van der Waals surface area contributed by atoms with Crippen molar-refractivity contribution in [1.29, 1.82) is 0 Å². The van der Waals surface area contributed by atoms with E-state index in [0.29, 0.717) is 25.4 Å². The van der Waals surface area contributed by atoms with Crippen molar-refractivity contribution in [2.75, 3.05) is 19.6 Å². The van der Waals surface area contributed by atoms with Crippen LogP contribution in [-0.2, 0) is 16.0 Å². The summed E-state index contributed by atoms with van der Waals surface area (Å²) in [6.07, 6.45) is 3.23. The van der Waals surface area contributed by atoms with Crippen LogP contribution in [0.25, 0.3) is 0 Å². The summed E-state index contributed by atoms with van der Waals surface area (Å²) in [5, 5.41) is 2.13. The topological polar surface area (TPSA) is 40.6 Å². The van der Waals surface area contributed by atoms with E-state index in [-0.39, 0.29) is 29.8 Å². The number of thiophene rings is 1. The zero-order valence-corrected chi connectivity index (χ0v) is 22.0. The number of hydrogen-bond donors (Lipinski definition) is 0. The van der Waals surface area contributed by atoms with Crippen molar-refractivity contribution in [1.82, 2.24) is 9.80 Å². The maximum atomic E-state index is 13.7. The average Bonchev–Trinajstić information content (AvgIpc) is 3.20. The third kappa shape index (κ3) is 6.47. The van der Waals surface area contributed by atoms with E-state index in [1.165, 1.54) is 21.6 Å². The van der Waals surface area contributed by atoms with Crippen LogP contribution in [0.4, 0.5) is 0 Å². The second-order valence-corrected chi connectivity index (χ2v) is 11.8. The molecule has 1 aliphatic rings. The molecule has 3 rings (SSSR count). The van der Waals surface area contributed by atoms with Crippen molar-refractivity contribution in [2.24, 2.45) is 11.3 Å². The van der Waals surface area contributed by atoms with Gasteiger partial charge >= 0.3 is 0 Å². The number of amides is 2. The van der Waals surface area contributed by atoms with Crippen molar-refractivity contribution >= 4 is 23.2 Å². The first-order chi connectivity index (χ1) is 15.6. The summed E-state index contributed by atoms with van der Waals surface area (Å²) < 4.78 is 0. The van der Waals surface area contributed by atoms with E-state index in [4.69, 9.17) is 0 Å². The number of rotatable bonds is 8. The van der Waals surface area contributed by atoms with Gasteiger partial charge in [-0.05, 0) is 65.7 Å². The standard InChI is InChI=1S/C28H40N2O2S/c1-7-14-29(25(31)17-20(2)18-28(4,5)6)19-26(32)30-15-12-24-23(13-16-33-24)27(30)22-11-9-8-10-21(22)3/h8-11,13,16,20,27H,7,12,14-15,17-19H2,1-6H3. The Morgan fingerprint density at radius 1 is 1.18 bits per heavy atom. The van der Waals surface area contributed by atoms with Gasteiger partial charge in [-0.2, -0.15) is 0 Å². The zero-order chi connectivity index (χ0) is 24.2. The molecular formula is C28H40N2O2S. The second kappa shape index (κ2) is 10.9. The molecule has 2 amide bonds. The predicted molar refractivity (Wildman–Crippen MR) is 137 cm³/mol. The van der Waals surface area contributed by atoms with Crippen molar-refractivity contribution in [3.63, 3.8) is 0 Å². The summed E-state index contributed by atoms with van der Waals surface area (Å²) >= 11 is 1.78. The van der Waals surface area contributed by atoms with Gasteiger partial charge in [-0.1, -0.05) is 58.9 Å². The molecule has 1 aromatic carbocycles. The Labute approximate surface area is 204 Å². The normalized spacial score (nSPS) is 16.9. The third-order valence-electron chi connectivity index (χ3n) is 6.43. The summed E-state index contributed by atoms with van der Waals surface area (Å²) in [6, 6.07) is 10.4. The fourth-order valence-electron chi connectivity index (χ4n) is 5.17. The molecule has 33 heavy (non-hydrogen) atoms. The Morgan fingerprint density at radius 3 is 2.58 bits per heavy atom. The fraction of sp³-hybridized carbons (Fsp3) is 0.571. The molecule has 0 fully saturated rings. The average molecular weight is 469 g/mol. The van der Waals surface area contributed by atoms with Crippen LogP contribution >= 0.6 is 11.3 Å². The highest BCUT2D eigenvalue weighted by atomic mass is 32.1. The van der Waals surface area contributed by atoms with Crippen LogP contribution in [0.2, 0.25) is 0 Å². The molecule has 1 aliphatic heterocycles. The van der Waals surface area contributed by atoms with E-state index in [1.54, 1.807) is 16.2 Å². The minimum Gasteiger partial charge on any atom is -0.333 e. The first-order valence-corrected chi connectivity index (χ1v) is 13.2. The second-order valence-electron chi connectivity index (χ2n) is 10.8. The Kier molecular flexibility index (Phi) is 8.38. The lowest BCUT2D eigenvalue weighted by atomic mass is 9.84. The molecule has 0 saturated carbocycles. The highest BCUT2D eigenvalue weighted by Gasteiger charge is 2.34. The molecule has 0 spiro atoms. The Bertz CT molecular complexity index is 959. The van der Waals surface area contributed by atoms with Crippen molar-refractivity contribution in [3.05, 3.63) is 57.3 Å². The lowest BCUT2D eigenvalue weighted by Crippen LogP contribution is -2.47. The number of nitrogens with zero attached hydrogens (tertiary/aromatic N) is 2. The third-order valence-corrected chi connectivity index (χ3v) is 7.42. The van der Waals surface area contributed by atoms with Crippen molar-refractivity contribution in [2.45, 2.75) is 73.3 Å². The number of benzene rings is 1. The van der Waals surface area contributed by atoms with Gasteiger partial charge in [0.1, 0.15) is 0 Å². The van der Waals surface area contributed by atoms with E-state index < -0.39 is 0 Å². The fourth-order valence-corrected chi connectivity index (χ4v) is 6.08. The SMILES string of the molecule is CCCN(CC(=O)N1CCc2sccc2C1c1ccccc1C)C(=O)CC(C)CC(C)(C)C. The van der Waals surface area contributed by atoms with Crippen LogP contribution < -0.4 is 0 Å². The Morgan fingerprint density at radius 2 is 1.91 bits per heavy atom. The number of fused-ring (bicyclic) bond motifs is 1. The lowest BCUT2D eigenvalue weighted by Gasteiger charge is -2.38. The molecular weight excluding hydrogens is 428 g/mol. The maximum absolute atomic E-state index is 13.7. The first-order valence-electron chi connectivity index (χ1n) is 12.3. The van der Waals surface area contributed by atoms with E-state index >= 15 is 0 Å². The molecule has 2 aromatic rings. The van der Waals surface area contributed by atoms with E-state index in [0.717, 1.165) is 19.3 Å². The van der Waals surface area contributed by atoms with Crippen LogP contribution in [0.1, 0.15) is 81.5 Å². The highest BCUT2D eigenvalue weighted by Crippen LogP contribution is 2.39. The molecule has 2 unspecified atom stereocenters. The number of carbonyl (C=O) groups excluding carboxylic acids is 2. The van der Waals surface area contributed by atoms with Crippen LogP contribution in [0, 0.1) is 18.3 Å². The van der Waals surface area contributed by atoms with Crippen molar-refractivity contribution in [3.8, 4) is 0 Å². The summed E-state index contributed by atoms with van der Waals surface area (Å²) in [6.45, 7) is 14.4. The maximum Gasteiger partial charge on any atom is 0.242 e. The molecule has 5 heteroatoms. The molecule has 1 aromatic heterocycles. The quantitative estimate of drug-likeness (QED) is 0.461. The monoisotopic (exact) mass is 468 g/mol. The molecule has 0 bridgehead atoms. The Balaban J connectivity index is 1.80. The Hall–Kier alpha value is -2.14. The number of aryl methyl sites for hydroxylation is 1. The molecule has 2 heterocycles. The largest absolute Gasteiger partial charge is 0.333 e. The van der Waals surface area contributed by atoms with Crippen LogP contribution in [-0.4, -0.2) is 41.2 Å². The number of hydrogen-bond acceptors (Lipinski definition) is 3. The van der Waals surface area contributed by atoms with Gasteiger partial charge in [-0.15, -0.1) is 11.3 Å². The minimum atomic E-state index is -0.0768. The molecule has 0 aliphatic carbocycles. The summed E-state index contributed by atoms with van der Waals surface area (Å²) in [5.41, 5.74) is 3.80.